The smallest absolute Gasteiger partial charge is 0.223 e. The second-order valence-corrected chi connectivity index (χ2v) is 6.42. The van der Waals surface area contributed by atoms with Crippen molar-refractivity contribution < 1.29 is 4.79 Å². The highest BCUT2D eigenvalue weighted by atomic mass is 79.9. The lowest BCUT2D eigenvalue weighted by Crippen LogP contribution is -2.41. The minimum atomic E-state index is 0.244. The van der Waals surface area contributed by atoms with Crippen LogP contribution in [0.15, 0.2) is 28.7 Å². The number of nitrogens with zero attached hydrogens (tertiary/aromatic N) is 1. The lowest BCUT2D eigenvalue weighted by Gasteiger charge is -2.26. The number of carbonyl (C=O) groups is 1. The Morgan fingerprint density at radius 2 is 2.25 bits per heavy atom. The Kier molecular flexibility index (Phi) is 5.61. The van der Waals surface area contributed by atoms with E-state index in [1.54, 1.807) is 0 Å². The summed E-state index contributed by atoms with van der Waals surface area (Å²) in [5.74, 6) is 0.528. The minimum Gasteiger partial charge on any atom is -0.338 e. The first-order valence-electron chi connectivity index (χ1n) is 7.32. The number of halogens is 1. The molecule has 1 fully saturated rings. The molecule has 1 aromatic rings. The standard InChI is InChI=1S/C16H23BrN2O/c1-12(14-7-3-4-8-15(14)17)10-16(20)19-9-5-6-13(19)11-18-2/h3-4,7-8,12-13,18H,5-6,9-11H2,1-2H3/t12-,13-/m0/s1. The second kappa shape index (κ2) is 7.23. The maximum absolute atomic E-state index is 12.5. The lowest BCUT2D eigenvalue weighted by atomic mass is 9.97. The number of carbonyl (C=O) groups excluding carboxylic acids is 1. The first-order valence-corrected chi connectivity index (χ1v) is 8.11. The van der Waals surface area contributed by atoms with Crippen LogP contribution in [0.25, 0.3) is 0 Å². The molecule has 1 amide bonds. The van der Waals surface area contributed by atoms with E-state index in [1.807, 2.05) is 25.2 Å². The highest BCUT2D eigenvalue weighted by Gasteiger charge is 2.29. The van der Waals surface area contributed by atoms with Crippen molar-refractivity contribution in [2.24, 2.45) is 0 Å². The lowest BCUT2D eigenvalue weighted by molar-refractivity contribution is -0.132. The van der Waals surface area contributed by atoms with E-state index in [0.29, 0.717) is 12.5 Å². The Bertz CT molecular complexity index is 464. The molecule has 0 aromatic heterocycles. The number of amides is 1. The SMILES string of the molecule is CNC[C@@H]1CCCN1C(=O)C[C@H](C)c1ccccc1Br. The van der Waals surface area contributed by atoms with E-state index >= 15 is 0 Å². The van der Waals surface area contributed by atoms with Crippen LogP contribution in [0.5, 0.6) is 0 Å². The Morgan fingerprint density at radius 1 is 1.50 bits per heavy atom. The monoisotopic (exact) mass is 338 g/mol. The Labute approximate surface area is 129 Å². The van der Waals surface area contributed by atoms with Gasteiger partial charge >= 0.3 is 0 Å². The molecule has 0 spiro atoms. The maximum atomic E-state index is 12.5. The number of rotatable bonds is 5. The zero-order chi connectivity index (χ0) is 14.5. The van der Waals surface area contributed by atoms with E-state index in [9.17, 15) is 4.79 Å². The molecule has 1 N–H and O–H groups in total. The predicted octanol–water partition coefficient (Wildman–Crippen LogP) is 3.15. The summed E-state index contributed by atoms with van der Waals surface area (Å²) in [6.45, 7) is 3.93. The molecular weight excluding hydrogens is 316 g/mol. The van der Waals surface area contributed by atoms with Crippen molar-refractivity contribution in [2.45, 2.75) is 38.1 Å². The first-order chi connectivity index (χ1) is 9.63. The van der Waals surface area contributed by atoms with Crippen LogP contribution in [-0.2, 0) is 4.79 Å². The van der Waals surface area contributed by atoms with Crippen LogP contribution in [0.1, 0.15) is 37.7 Å². The van der Waals surface area contributed by atoms with Gasteiger partial charge in [-0.05, 0) is 37.4 Å². The fourth-order valence-corrected chi connectivity index (χ4v) is 3.65. The minimum absolute atomic E-state index is 0.244. The first kappa shape index (κ1) is 15.5. The van der Waals surface area contributed by atoms with Gasteiger partial charge in [0.25, 0.3) is 0 Å². The maximum Gasteiger partial charge on any atom is 0.223 e. The second-order valence-electron chi connectivity index (χ2n) is 5.57. The van der Waals surface area contributed by atoms with Crippen LogP contribution in [0, 0.1) is 0 Å². The van der Waals surface area contributed by atoms with Crippen LogP contribution in [0.2, 0.25) is 0 Å². The molecule has 20 heavy (non-hydrogen) atoms. The molecule has 1 aliphatic heterocycles. The van der Waals surface area contributed by atoms with Gasteiger partial charge in [0.15, 0.2) is 0 Å². The third kappa shape index (κ3) is 3.61. The van der Waals surface area contributed by atoms with Gasteiger partial charge in [0.05, 0.1) is 0 Å². The molecular formula is C16H23BrN2O. The molecule has 1 aliphatic rings. The van der Waals surface area contributed by atoms with E-state index in [4.69, 9.17) is 0 Å². The summed E-state index contributed by atoms with van der Waals surface area (Å²) in [5, 5.41) is 3.19. The zero-order valence-corrected chi connectivity index (χ0v) is 13.8. The number of hydrogen-bond acceptors (Lipinski definition) is 2. The molecule has 4 heteroatoms. The third-order valence-corrected chi connectivity index (χ3v) is 4.78. The summed E-state index contributed by atoms with van der Waals surface area (Å²) in [6, 6.07) is 8.54. The van der Waals surface area contributed by atoms with E-state index in [1.165, 1.54) is 5.56 Å². The number of likely N-dealkylation sites (N-methyl/N-ethyl adjacent to an activating group) is 1. The number of likely N-dealkylation sites (tertiary alicyclic amines) is 1. The highest BCUT2D eigenvalue weighted by molar-refractivity contribution is 9.10. The van der Waals surface area contributed by atoms with Crippen LogP contribution in [-0.4, -0.2) is 37.0 Å². The number of benzene rings is 1. The Morgan fingerprint density at radius 3 is 2.95 bits per heavy atom. The van der Waals surface area contributed by atoms with Crippen molar-refractivity contribution in [3.05, 3.63) is 34.3 Å². The van der Waals surface area contributed by atoms with E-state index in [-0.39, 0.29) is 11.8 Å². The van der Waals surface area contributed by atoms with E-state index < -0.39 is 0 Å². The highest BCUT2D eigenvalue weighted by Crippen LogP contribution is 2.28. The molecule has 1 aromatic carbocycles. The molecule has 0 radical (unpaired) electrons. The van der Waals surface area contributed by atoms with E-state index in [2.05, 4.69) is 39.1 Å². The summed E-state index contributed by atoms with van der Waals surface area (Å²) in [4.78, 5) is 14.6. The molecule has 1 saturated heterocycles. The average Bonchev–Trinajstić information content (AvgIpc) is 2.88. The average molecular weight is 339 g/mol. The van der Waals surface area contributed by atoms with Crippen molar-refractivity contribution in [3.63, 3.8) is 0 Å². The van der Waals surface area contributed by atoms with Gasteiger partial charge in [-0.25, -0.2) is 0 Å². The molecule has 2 rings (SSSR count). The molecule has 0 aliphatic carbocycles. The fourth-order valence-electron chi connectivity index (χ4n) is 2.98. The summed E-state index contributed by atoms with van der Waals surface area (Å²) < 4.78 is 1.09. The summed E-state index contributed by atoms with van der Waals surface area (Å²) in [6.07, 6.45) is 2.83. The van der Waals surface area contributed by atoms with Crippen LogP contribution in [0.3, 0.4) is 0 Å². The molecule has 3 nitrogen and oxygen atoms in total. The molecule has 0 bridgehead atoms. The predicted molar refractivity (Wildman–Crippen MR) is 85.8 cm³/mol. The summed E-state index contributed by atoms with van der Waals surface area (Å²) >= 11 is 3.57. The molecule has 0 saturated carbocycles. The zero-order valence-electron chi connectivity index (χ0n) is 12.2. The molecule has 110 valence electrons. The van der Waals surface area contributed by atoms with Gasteiger partial charge in [-0.2, -0.15) is 0 Å². The third-order valence-electron chi connectivity index (χ3n) is 4.05. The number of hydrogen-bond donors (Lipinski definition) is 1. The van der Waals surface area contributed by atoms with Crippen molar-refractivity contribution in [1.29, 1.82) is 0 Å². The van der Waals surface area contributed by atoms with Crippen molar-refractivity contribution in [1.82, 2.24) is 10.2 Å². The van der Waals surface area contributed by atoms with Gasteiger partial charge in [-0.1, -0.05) is 41.1 Å². The normalized spacial score (nSPS) is 20.1. The van der Waals surface area contributed by atoms with Gasteiger partial charge in [0, 0.05) is 30.0 Å². The van der Waals surface area contributed by atoms with Crippen LogP contribution < -0.4 is 5.32 Å². The molecule has 2 atom stereocenters. The van der Waals surface area contributed by atoms with Gasteiger partial charge < -0.3 is 10.2 Å². The Hall–Kier alpha value is -0.870. The van der Waals surface area contributed by atoms with Gasteiger partial charge in [0.2, 0.25) is 5.91 Å². The topological polar surface area (TPSA) is 32.3 Å². The largest absolute Gasteiger partial charge is 0.338 e. The van der Waals surface area contributed by atoms with Gasteiger partial charge in [-0.15, -0.1) is 0 Å². The van der Waals surface area contributed by atoms with Crippen molar-refractivity contribution >= 4 is 21.8 Å². The number of nitrogens with one attached hydrogen (secondary N) is 1. The van der Waals surface area contributed by atoms with Crippen LogP contribution >= 0.6 is 15.9 Å². The summed E-state index contributed by atoms with van der Waals surface area (Å²) in [5.41, 5.74) is 1.21. The van der Waals surface area contributed by atoms with Gasteiger partial charge in [-0.3, -0.25) is 4.79 Å². The van der Waals surface area contributed by atoms with Crippen molar-refractivity contribution in [3.8, 4) is 0 Å². The quantitative estimate of drug-likeness (QED) is 0.894. The van der Waals surface area contributed by atoms with Gasteiger partial charge in [0.1, 0.15) is 0 Å². The Balaban J connectivity index is 1.99. The summed E-state index contributed by atoms with van der Waals surface area (Å²) in [7, 11) is 1.95. The van der Waals surface area contributed by atoms with Crippen molar-refractivity contribution in [2.75, 3.05) is 20.1 Å². The molecule has 1 heterocycles. The van der Waals surface area contributed by atoms with Crippen LogP contribution in [0.4, 0.5) is 0 Å². The van der Waals surface area contributed by atoms with E-state index in [0.717, 1.165) is 30.4 Å². The fraction of sp³-hybridized carbons (Fsp3) is 0.562. The molecule has 0 unspecified atom stereocenters.